The number of hydrogen-bond acceptors (Lipinski definition) is 4. The standard InChI is InChI=1S/C24H28N2O3/c1-24(2,3)19-11-13-22(14-12-19)29-16-17-7-9-18(10-8-17)23(28)26-25-20-5-4-6-21(27)15-20/h7-14H,4-6,15-16H2,1-3H3,(H,26,28)/b25-20-. The van der Waals surface area contributed by atoms with Gasteiger partial charge in [0.15, 0.2) is 0 Å². The third kappa shape index (κ3) is 6.01. The molecule has 1 amide bonds. The number of amides is 1. The molecular formula is C24H28N2O3. The van der Waals surface area contributed by atoms with Crippen LogP contribution < -0.4 is 10.2 Å². The molecule has 152 valence electrons. The maximum atomic E-state index is 12.2. The number of hydrazone groups is 1. The molecule has 0 spiro atoms. The molecule has 0 atom stereocenters. The number of carbonyl (C=O) groups is 2. The van der Waals surface area contributed by atoms with Crippen molar-refractivity contribution in [1.29, 1.82) is 0 Å². The van der Waals surface area contributed by atoms with E-state index in [-0.39, 0.29) is 17.1 Å². The van der Waals surface area contributed by atoms with Gasteiger partial charge in [-0.25, -0.2) is 5.43 Å². The van der Waals surface area contributed by atoms with Crippen LogP contribution in [0, 0.1) is 0 Å². The van der Waals surface area contributed by atoms with E-state index in [1.165, 1.54) is 5.56 Å². The fraction of sp³-hybridized carbons (Fsp3) is 0.375. The van der Waals surface area contributed by atoms with E-state index >= 15 is 0 Å². The summed E-state index contributed by atoms with van der Waals surface area (Å²) in [7, 11) is 0. The first-order valence-corrected chi connectivity index (χ1v) is 10.0. The van der Waals surface area contributed by atoms with Crippen LogP contribution in [-0.4, -0.2) is 17.4 Å². The number of nitrogens with one attached hydrogen (secondary N) is 1. The molecule has 1 N–H and O–H groups in total. The van der Waals surface area contributed by atoms with E-state index in [2.05, 4.69) is 43.4 Å². The molecule has 0 saturated heterocycles. The third-order valence-corrected chi connectivity index (χ3v) is 4.98. The molecule has 5 heteroatoms. The monoisotopic (exact) mass is 392 g/mol. The number of ketones is 1. The summed E-state index contributed by atoms with van der Waals surface area (Å²) in [6.07, 6.45) is 2.52. The number of nitrogens with zero attached hydrogens (tertiary/aromatic N) is 1. The molecule has 0 aliphatic heterocycles. The predicted octanol–water partition coefficient (Wildman–Crippen LogP) is 4.79. The summed E-state index contributed by atoms with van der Waals surface area (Å²) in [4.78, 5) is 23.7. The molecular weight excluding hydrogens is 364 g/mol. The van der Waals surface area contributed by atoms with E-state index in [0.29, 0.717) is 25.0 Å². The maximum Gasteiger partial charge on any atom is 0.271 e. The van der Waals surface area contributed by atoms with Crippen LogP contribution in [0.1, 0.15) is 67.9 Å². The van der Waals surface area contributed by atoms with Gasteiger partial charge in [0.2, 0.25) is 0 Å². The molecule has 0 aromatic heterocycles. The Hall–Kier alpha value is -2.95. The van der Waals surface area contributed by atoms with Crippen LogP contribution in [-0.2, 0) is 16.8 Å². The first-order valence-electron chi connectivity index (χ1n) is 10.0. The third-order valence-electron chi connectivity index (χ3n) is 4.98. The van der Waals surface area contributed by atoms with Gasteiger partial charge in [-0.05, 0) is 53.6 Å². The number of Topliss-reactive ketones (excluding diaryl/α,β-unsaturated/α-hetero) is 1. The Labute approximate surface area is 172 Å². The van der Waals surface area contributed by atoms with Gasteiger partial charge in [0.25, 0.3) is 5.91 Å². The van der Waals surface area contributed by atoms with Crippen LogP contribution in [0.2, 0.25) is 0 Å². The smallest absolute Gasteiger partial charge is 0.271 e. The van der Waals surface area contributed by atoms with Crippen molar-refractivity contribution >= 4 is 17.4 Å². The van der Waals surface area contributed by atoms with E-state index in [0.717, 1.165) is 29.9 Å². The quantitative estimate of drug-likeness (QED) is 0.744. The zero-order chi connectivity index (χ0) is 20.9. The van der Waals surface area contributed by atoms with Crippen molar-refractivity contribution in [2.75, 3.05) is 0 Å². The van der Waals surface area contributed by atoms with Gasteiger partial charge in [-0.15, -0.1) is 0 Å². The number of carbonyl (C=O) groups excluding carboxylic acids is 2. The predicted molar refractivity (Wildman–Crippen MR) is 114 cm³/mol. The molecule has 1 aliphatic carbocycles. The van der Waals surface area contributed by atoms with E-state index < -0.39 is 0 Å². The van der Waals surface area contributed by atoms with Crippen molar-refractivity contribution in [3.63, 3.8) is 0 Å². The molecule has 2 aromatic rings. The van der Waals surface area contributed by atoms with E-state index in [9.17, 15) is 9.59 Å². The molecule has 3 rings (SSSR count). The highest BCUT2D eigenvalue weighted by atomic mass is 16.5. The fourth-order valence-corrected chi connectivity index (χ4v) is 3.15. The van der Waals surface area contributed by atoms with E-state index in [4.69, 9.17) is 4.74 Å². The molecule has 29 heavy (non-hydrogen) atoms. The zero-order valence-electron chi connectivity index (χ0n) is 17.3. The van der Waals surface area contributed by atoms with Crippen molar-refractivity contribution in [3.05, 3.63) is 65.2 Å². The van der Waals surface area contributed by atoms with Gasteiger partial charge in [-0.3, -0.25) is 9.59 Å². The minimum Gasteiger partial charge on any atom is -0.489 e. The first-order chi connectivity index (χ1) is 13.8. The van der Waals surface area contributed by atoms with E-state index in [1.807, 2.05) is 24.3 Å². The highest BCUT2D eigenvalue weighted by Gasteiger charge is 2.15. The Morgan fingerprint density at radius 2 is 1.72 bits per heavy atom. The Balaban J connectivity index is 1.52. The molecule has 2 aromatic carbocycles. The number of hydrogen-bond donors (Lipinski definition) is 1. The Bertz CT molecular complexity index is 891. The lowest BCUT2D eigenvalue weighted by molar-refractivity contribution is -0.118. The number of rotatable bonds is 5. The highest BCUT2D eigenvalue weighted by molar-refractivity contribution is 6.04. The van der Waals surface area contributed by atoms with Crippen LogP contribution in [0.15, 0.2) is 53.6 Å². The van der Waals surface area contributed by atoms with Crippen LogP contribution in [0.5, 0.6) is 5.75 Å². The second-order valence-corrected chi connectivity index (χ2v) is 8.45. The summed E-state index contributed by atoms with van der Waals surface area (Å²) in [6, 6.07) is 15.4. The molecule has 1 aliphatic rings. The average Bonchev–Trinajstić information content (AvgIpc) is 2.70. The first kappa shape index (κ1) is 20.8. The molecule has 0 unspecified atom stereocenters. The summed E-state index contributed by atoms with van der Waals surface area (Å²) in [6.45, 7) is 6.98. The second-order valence-electron chi connectivity index (χ2n) is 8.45. The van der Waals surface area contributed by atoms with Crippen molar-refractivity contribution in [2.24, 2.45) is 5.10 Å². The summed E-state index contributed by atoms with van der Waals surface area (Å²) in [5, 5.41) is 4.10. The molecule has 1 fully saturated rings. The summed E-state index contributed by atoms with van der Waals surface area (Å²) in [5.41, 5.74) is 6.18. The van der Waals surface area contributed by atoms with Crippen LogP contribution >= 0.6 is 0 Å². The zero-order valence-corrected chi connectivity index (χ0v) is 17.3. The number of benzene rings is 2. The Morgan fingerprint density at radius 3 is 2.34 bits per heavy atom. The molecule has 0 bridgehead atoms. The fourth-order valence-electron chi connectivity index (χ4n) is 3.15. The molecule has 0 heterocycles. The van der Waals surface area contributed by atoms with Gasteiger partial charge in [0, 0.05) is 24.1 Å². The van der Waals surface area contributed by atoms with Crippen LogP contribution in [0.4, 0.5) is 0 Å². The second kappa shape index (κ2) is 9.03. The summed E-state index contributed by atoms with van der Waals surface area (Å²) < 4.78 is 5.84. The molecule has 5 nitrogen and oxygen atoms in total. The lowest BCUT2D eigenvalue weighted by Gasteiger charge is -2.19. The average molecular weight is 392 g/mol. The minimum absolute atomic E-state index is 0.117. The SMILES string of the molecule is CC(C)(C)c1ccc(OCc2ccc(C(=O)N/N=C3/CCCC(=O)C3)cc2)cc1. The minimum atomic E-state index is -0.277. The molecule has 0 radical (unpaired) electrons. The normalized spacial score (nSPS) is 16.0. The van der Waals surface area contributed by atoms with Gasteiger partial charge in [-0.2, -0.15) is 5.10 Å². The lowest BCUT2D eigenvalue weighted by Crippen LogP contribution is -2.22. The topological polar surface area (TPSA) is 67.8 Å². The summed E-state index contributed by atoms with van der Waals surface area (Å²) in [5.74, 6) is 0.722. The highest BCUT2D eigenvalue weighted by Crippen LogP contribution is 2.24. The van der Waals surface area contributed by atoms with Crippen molar-refractivity contribution in [1.82, 2.24) is 5.43 Å². The van der Waals surface area contributed by atoms with Crippen LogP contribution in [0.3, 0.4) is 0 Å². The molecule has 1 saturated carbocycles. The van der Waals surface area contributed by atoms with Crippen molar-refractivity contribution in [3.8, 4) is 5.75 Å². The van der Waals surface area contributed by atoms with Gasteiger partial charge >= 0.3 is 0 Å². The van der Waals surface area contributed by atoms with E-state index in [1.54, 1.807) is 12.1 Å². The van der Waals surface area contributed by atoms with Gasteiger partial charge in [-0.1, -0.05) is 45.0 Å². The van der Waals surface area contributed by atoms with Crippen molar-refractivity contribution < 1.29 is 14.3 Å². The Kier molecular flexibility index (Phi) is 6.47. The van der Waals surface area contributed by atoms with Crippen molar-refractivity contribution in [2.45, 2.75) is 58.5 Å². The van der Waals surface area contributed by atoms with Gasteiger partial charge in [0.1, 0.15) is 18.1 Å². The van der Waals surface area contributed by atoms with Gasteiger partial charge < -0.3 is 4.74 Å². The Morgan fingerprint density at radius 1 is 1.03 bits per heavy atom. The lowest BCUT2D eigenvalue weighted by atomic mass is 9.87. The number of ether oxygens (including phenoxy) is 1. The van der Waals surface area contributed by atoms with Crippen LogP contribution in [0.25, 0.3) is 0 Å². The largest absolute Gasteiger partial charge is 0.489 e. The maximum absolute atomic E-state index is 12.2. The van der Waals surface area contributed by atoms with Gasteiger partial charge in [0.05, 0.1) is 0 Å². The summed E-state index contributed by atoms with van der Waals surface area (Å²) >= 11 is 0.